The van der Waals surface area contributed by atoms with Crippen molar-refractivity contribution in [1.29, 1.82) is 0 Å². The highest BCUT2D eigenvalue weighted by Gasteiger charge is 2.28. The molecule has 2 aromatic rings. The predicted octanol–water partition coefficient (Wildman–Crippen LogP) is 4.00. The standard InChI is InChI=1S/C13H13F3N2OS/c1-9-17-6-10(20-9)7-18-11-4-2-3-5-12(11)19-8-13(14,15)16/h2-6,18H,7-8H2,1H3. The molecule has 0 radical (unpaired) electrons. The first-order chi connectivity index (χ1) is 9.44. The van der Waals surface area contributed by atoms with Gasteiger partial charge in [0.25, 0.3) is 0 Å². The van der Waals surface area contributed by atoms with Gasteiger partial charge >= 0.3 is 6.18 Å². The number of para-hydroxylation sites is 2. The van der Waals surface area contributed by atoms with Gasteiger partial charge in [-0.05, 0) is 19.1 Å². The third-order valence-electron chi connectivity index (χ3n) is 2.40. The summed E-state index contributed by atoms with van der Waals surface area (Å²) in [5.74, 6) is 0.186. The topological polar surface area (TPSA) is 34.2 Å². The molecular weight excluding hydrogens is 289 g/mol. The molecule has 0 unspecified atom stereocenters. The summed E-state index contributed by atoms with van der Waals surface area (Å²) < 4.78 is 41.3. The lowest BCUT2D eigenvalue weighted by molar-refractivity contribution is -0.153. The van der Waals surface area contributed by atoms with E-state index in [-0.39, 0.29) is 5.75 Å². The average Bonchev–Trinajstić information content (AvgIpc) is 2.80. The molecule has 0 aliphatic rings. The van der Waals surface area contributed by atoms with Gasteiger partial charge in [-0.1, -0.05) is 12.1 Å². The number of ether oxygens (including phenoxy) is 1. The van der Waals surface area contributed by atoms with Crippen LogP contribution in [0, 0.1) is 6.92 Å². The fraction of sp³-hybridized carbons (Fsp3) is 0.308. The smallest absolute Gasteiger partial charge is 0.422 e. The molecule has 0 fully saturated rings. The Hall–Kier alpha value is -1.76. The number of halogens is 3. The van der Waals surface area contributed by atoms with E-state index >= 15 is 0 Å². The fourth-order valence-corrected chi connectivity index (χ4v) is 2.30. The van der Waals surface area contributed by atoms with E-state index < -0.39 is 12.8 Å². The lowest BCUT2D eigenvalue weighted by atomic mass is 10.3. The molecule has 0 aliphatic carbocycles. The maximum atomic E-state index is 12.2. The van der Waals surface area contributed by atoms with Crippen molar-refractivity contribution in [2.45, 2.75) is 19.6 Å². The van der Waals surface area contributed by atoms with Gasteiger partial charge in [0.1, 0.15) is 5.75 Å². The molecule has 7 heteroatoms. The van der Waals surface area contributed by atoms with Crippen LogP contribution in [0.2, 0.25) is 0 Å². The SMILES string of the molecule is Cc1ncc(CNc2ccccc2OCC(F)(F)F)s1. The van der Waals surface area contributed by atoms with Crippen LogP contribution in [0.25, 0.3) is 0 Å². The molecule has 0 bridgehead atoms. The van der Waals surface area contributed by atoms with Crippen LogP contribution in [-0.2, 0) is 6.54 Å². The summed E-state index contributed by atoms with van der Waals surface area (Å²) in [6, 6.07) is 6.56. The van der Waals surface area contributed by atoms with Crippen LogP contribution in [0.15, 0.2) is 30.5 Å². The summed E-state index contributed by atoms with van der Waals surface area (Å²) >= 11 is 1.54. The van der Waals surface area contributed by atoms with Gasteiger partial charge < -0.3 is 10.1 Å². The largest absolute Gasteiger partial charge is 0.482 e. The second kappa shape index (κ2) is 6.13. The Labute approximate surface area is 118 Å². The molecule has 0 amide bonds. The van der Waals surface area contributed by atoms with Crippen LogP contribution < -0.4 is 10.1 Å². The molecule has 20 heavy (non-hydrogen) atoms. The zero-order valence-electron chi connectivity index (χ0n) is 10.7. The second-order valence-electron chi connectivity index (χ2n) is 4.10. The number of nitrogens with zero attached hydrogens (tertiary/aromatic N) is 1. The number of thiazole rings is 1. The Morgan fingerprint density at radius 1 is 1.30 bits per heavy atom. The van der Waals surface area contributed by atoms with Crippen molar-refractivity contribution >= 4 is 17.0 Å². The van der Waals surface area contributed by atoms with Gasteiger partial charge in [-0.2, -0.15) is 13.2 Å². The van der Waals surface area contributed by atoms with Gasteiger partial charge in [0.2, 0.25) is 0 Å². The molecule has 0 aliphatic heterocycles. The molecule has 0 atom stereocenters. The van der Waals surface area contributed by atoms with Crippen LogP contribution in [-0.4, -0.2) is 17.8 Å². The van der Waals surface area contributed by atoms with Gasteiger partial charge in [-0.15, -0.1) is 11.3 Å². The number of hydrogen-bond acceptors (Lipinski definition) is 4. The number of nitrogens with one attached hydrogen (secondary N) is 1. The number of aromatic nitrogens is 1. The van der Waals surface area contributed by atoms with Gasteiger partial charge in [0.15, 0.2) is 6.61 Å². The second-order valence-corrected chi connectivity index (χ2v) is 5.42. The summed E-state index contributed by atoms with van der Waals surface area (Å²) in [6.45, 7) is 1.10. The number of alkyl halides is 3. The Morgan fingerprint density at radius 2 is 2.05 bits per heavy atom. The molecule has 1 heterocycles. The van der Waals surface area contributed by atoms with Crippen LogP contribution in [0.5, 0.6) is 5.75 Å². The number of hydrogen-bond donors (Lipinski definition) is 1. The third kappa shape index (κ3) is 4.41. The molecule has 1 aromatic carbocycles. The molecular formula is C13H13F3N2OS. The van der Waals surface area contributed by atoms with E-state index in [0.29, 0.717) is 12.2 Å². The first-order valence-electron chi connectivity index (χ1n) is 5.88. The minimum Gasteiger partial charge on any atom is -0.482 e. The maximum absolute atomic E-state index is 12.2. The van der Waals surface area contributed by atoms with Crippen molar-refractivity contribution in [1.82, 2.24) is 4.98 Å². The normalized spacial score (nSPS) is 11.4. The van der Waals surface area contributed by atoms with E-state index in [1.54, 1.807) is 24.4 Å². The zero-order chi connectivity index (χ0) is 14.6. The van der Waals surface area contributed by atoms with Crippen molar-refractivity contribution in [3.8, 4) is 5.75 Å². The minimum absolute atomic E-state index is 0.186. The molecule has 0 spiro atoms. The Balaban J connectivity index is 2.00. The van der Waals surface area contributed by atoms with Crippen molar-refractivity contribution in [3.63, 3.8) is 0 Å². The van der Waals surface area contributed by atoms with Gasteiger partial charge in [0.05, 0.1) is 17.2 Å². The van der Waals surface area contributed by atoms with Crippen LogP contribution >= 0.6 is 11.3 Å². The van der Waals surface area contributed by atoms with Gasteiger partial charge in [-0.3, -0.25) is 0 Å². The molecule has 1 aromatic heterocycles. The lowest BCUT2D eigenvalue weighted by Crippen LogP contribution is -2.19. The summed E-state index contributed by atoms with van der Waals surface area (Å²) in [5, 5.41) is 4.00. The minimum atomic E-state index is -4.35. The first-order valence-corrected chi connectivity index (χ1v) is 6.69. The first kappa shape index (κ1) is 14.6. The Kier molecular flexibility index (Phi) is 4.49. The van der Waals surface area contributed by atoms with Crippen LogP contribution in [0.3, 0.4) is 0 Å². The van der Waals surface area contributed by atoms with E-state index in [1.165, 1.54) is 17.4 Å². The van der Waals surface area contributed by atoms with E-state index in [1.807, 2.05) is 6.92 Å². The number of aryl methyl sites for hydroxylation is 1. The highest BCUT2D eigenvalue weighted by Crippen LogP contribution is 2.27. The van der Waals surface area contributed by atoms with Crippen molar-refractivity contribution in [3.05, 3.63) is 40.3 Å². The van der Waals surface area contributed by atoms with Crippen LogP contribution in [0.4, 0.5) is 18.9 Å². The summed E-state index contributed by atoms with van der Waals surface area (Å²) in [5.41, 5.74) is 0.530. The van der Waals surface area contributed by atoms with Crippen molar-refractivity contribution in [2.75, 3.05) is 11.9 Å². The molecule has 3 nitrogen and oxygen atoms in total. The summed E-state index contributed by atoms with van der Waals surface area (Å²) in [6.07, 6.45) is -2.60. The summed E-state index contributed by atoms with van der Waals surface area (Å²) in [7, 11) is 0. The monoisotopic (exact) mass is 302 g/mol. The van der Waals surface area contributed by atoms with Gasteiger partial charge in [0, 0.05) is 11.1 Å². The lowest BCUT2D eigenvalue weighted by Gasteiger charge is -2.13. The van der Waals surface area contributed by atoms with E-state index in [2.05, 4.69) is 10.3 Å². The highest BCUT2D eigenvalue weighted by molar-refractivity contribution is 7.11. The fourth-order valence-electron chi connectivity index (χ4n) is 1.57. The molecule has 0 saturated carbocycles. The number of anilines is 1. The third-order valence-corrected chi connectivity index (χ3v) is 3.31. The maximum Gasteiger partial charge on any atom is 0.422 e. The van der Waals surface area contributed by atoms with Crippen molar-refractivity contribution in [2.24, 2.45) is 0 Å². The molecule has 2 rings (SSSR count). The molecule has 0 saturated heterocycles. The number of rotatable bonds is 5. The molecule has 108 valence electrons. The summed E-state index contributed by atoms with van der Waals surface area (Å²) in [4.78, 5) is 5.13. The van der Waals surface area contributed by atoms with Crippen molar-refractivity contribution < 1.29 is 17.9 Å². The molecule has 1 N–H and O–H groups in total. The average molecular weight is 302 g/mol. The van der Waals surface area contributed by atoms with E-state index in [0.717, 1.165) is 9.88 Å². The Morgan fingerprint density at radius 3 is 2.70 bits per heavy atom. The number of benzene rings is 1. The highest BCUT2D eigenvalue weighted by atomic mass is 32.1. The Bertz CT molecular complexity index is 569. The quantitative estimate of drug-likeness (QED) is 0.906. The predicted molar refractivity (Wildman–Crippen MR) is 72.2 cm³/mol. The van der Waals surface area contributed by atoms with E-state index in [4.69, 9.17) is 4.74 Å². The van der Waals surface area contributed by atoms with Crippen LogP contribution in [0.1, 0.15) is 9.88 Å². The zero-order valence-corrected chi connectivity index (χ0v) is 11.5. The van der Waals surface area contributed by atoms with E-state index in [9.17, 15) is 13.2 Å². The van der Waals surface area contributed by atoms with Gasteiger partial charge in [-0.25, -0.2) is 4.98 Å².